The molecule has 126 valence electrons. The van der Waals surface area contributed by atoms with Crippen LogP contribution < -0.4 is 5.32 Å². The Morgan fingerprint density at radius 3 is 2.58 bits per heavy atom. The summed E-state index contributed by atoms with van der Waals surface area (Å²) in [7, 11) is 0. The third kappa shape index (κ3) is 2.94. The third-order valence-electron chi connectivity index (χ3n) is 4.34. The summed E-state index contributed by atoms with van der Waals surface area (Å²) in [6.07, 6.45) is 0. The standard InChI is InChI=1S/C18H21N3O2S/c1-10(2)15(16(22)20-18-19-11(3)12(4)24-18)21-9-13-7-5-6-8-14(13)17(21)23/h5-8,10,15H,9H2,1-4H3,(H,19,20,22)/t15-/m1/s1. The molecular weight excluding hydrogens is 322 g/mol. The highest BCUT2D eigenvalue weighted by atomic mass is 32.1. The Bertz CT molecular complexity index is 778. The number of nitrogens with one attached hydrogen (secondary N) is 1. The highest BCUT2D eigenvalue weighted by Crippen LogP contribution is 2.28. The predicted molar refractivity (Wildman–Crippen MR) is 95.2 cm³/mol. The Balaban J connectivity index is 1.83. The molecule has 0 bridgehead atoms. The molecule has 1 N–H and O–H groups in total. The van der Waals surface area contributed by atoms with Gasteiger partial charge in [0.2, 0.25) is 5.91 Å². The summed E-state index contributed by atoms with van der Waals surface area (Å²) in [5.41, 5.74) is 2.58. The van der Waals surface area contributed by atoms with E-state index in [0.717, 1.165) is 16.1 Å². The van der Waals surface area contributed by atoms with Crippen LogP contribution in [0.1, 0.15) is 40.3 Å². The zero-order valence-electron chi connectivity index (χ0n) is 14.3. The van der Waals surface area contributed by atoms with Crippen molar-refractivity contribution in [2.75, 3.05) is 5.32 Å². The first-order chi connectivity index (χ1) is 11.4. The van der Waals surface area contributed by atoms with Gasteiger partial charge in [-0.1, -0.05) is 32.0 Å². The lowest BCUT2D eigenvalue weighted by atomic mass is 10.0. The largest absolute Gasteiger partial charge is 0.322 e. The number of nitrogens with zero attached hydrogens (tertiary/aromatic N) is 2. The number of hydrogen-bond donors (Lipinski definition) is 1. The topological polar surface area (TPSA) is 62.3 Å². The van der Waals surface area contributed by atoms with E-state index in [1.165, 1.54) is 11.3 Å². The lowest BCUT2D eigenvalue weighted by Gasteiger charge is -2.29. The summed E-state index contributed by atoms with van der Waals surface area (Å²) in [6.45, 7) is 8.28. The van der Waals surface area contributed by atoms with Crippen LogP contribution in [0.3, 0.4) is 0 Å². The average molecular weight is 343 g/mol. The summed E-state index contributed by atoms with van der Waals surface area (Å²) in [6, 6.07) is 7.01. The van der Waals surface area contributed by atoms with E-state index in [9.17, 15) is 9.59 Å². The van der Waals surface area contributed by atoms with Crippen molar-refractivity contribution in [2.24, 2.45) is 5.92 Å². The number of benzene rings is 1. The number of amides is 2. The number of fused-ring (bicyclic) bond motifs is 1. The zero-order chi connectivity index (χ0) is 17.4. The van der Waals surface area contributed by atoms with Crippen LogP contribution in [0.2, 0.25) is 0 Å². The Hall–Kier alpha value is -2.21. The molecule has 0 saturated heterocycles. The van der Waals surface area contributed by atoms with E-state index in [1.54, 1.807) is 4.90 Å². The van der Waals surface area contributed by atoms with E-state index in [0.29, 0.717) is 17.2 Å². The van der Waals surface area contributed by atoms with Gasteiger partial charge in [-0.3, -0.25) is 9.59 Å². The quantitative estimate of drug-likeness (QED) is 0.926. The maximum Gasteiger partial charge on any atom is 0.255 e. The number of thiazole rings is 1. The average Bonchev–Trinajstić information content (AvgIpc) is 3.00. The van der Waals surface area contributed by atoms with Gasteiger partial charge in [-0.2, -0.15) is 0 Å². The molecule has 0 aliphatic carbocycles. The first-order valence-electron chi connectivity index (χ1n) is 8.02. The first-order valence-corrected chi connectivity index (χ1v) is 8.84. The molecule has 1 aromatic carbocycles. The Morgan fingerprint density at radius 2 is 2.00 bits per heavy atom. The molecule has 24 heavy (non-hydrogen) atoms. The molecule has 1 aromatic heterocycles. The molecule has 0 fully saturated rings. The van der Waals surface area contributed by atoms with E-state index < -0.39 is 6.04 Å². The van der Waals surface area contributed by atoms with Crippen molar-refractivity contribution < 1.29 is 9.59 Å². The van der Waals surface area contributed by atoms with Crippen LogP contribution >= 0.6 is 11.3 Å². The minimum Gasteiger partial charge on any atom is -0.322 e. The zero-order valence-corrected chi connectivity index (χ0v) is 15.1. The van der Waals surface area contributed by atoms with Gasteiger partial charge >= 0.3 is 0 Å². The molecule has 6 heteroatoms. The van der Waals surface area contributed by atoms with E-state index in [1.807, 2.05) is 52.0 Å². The second kappa shape index (κ2) is 6.36. The molecule has 3 rings (SSSR count). The van der Waals surface area contributed by atoms with Crippen LogP contribution in [0.15, 0.2) is 24.3 Å². The van der Waals surface area contributed by atoms with Crippen LogP contribution in [0, 0.1) is 19.8 Å². The van der Waals surface area contributed by atoms with E-state index in [-0.39, 0.29) is 17.7 Å². The van der Waals surface area contributed by atoms with Crippen LogP contribution in [0.25, 0.3) is 0 Å². The molecular formula is C18H21N3O2S. The lowest BCUT2D eigenvalue weighted by Crippen LogP contribution is -2.47. The van der Waals surface area contributed by atoms with Crippen molar-refractivity contribution in [1.82, 2.24) is 9.88 Å². The maximum absolute atomic E-state index is 12.8. The number of carbonyl (C=O) groups excluding carboxylic acids is 2. The van der Waals surface area contributed by atoms with Gasteiger partial charge in [-0.05, 0) is 31.4 Å². The van der Waals surface area contributed by atoms with Crippen molar-refractivity contribution in [3.8, 4) is 0 Å². The molecule has 0 saturated carbocycles. The first kappa shape index (κ1) is 16.6. The molecule has 0 radical (unpaired) electrons. The second-order valence-electron chi connectivity index (χ2n) is 6.43. The van der Waals surface area contributed by atoms with Gasteiger partial charge in [0, 0.05) is 17.0 Å². The van der Waals surface area contributed by atoms with Crippen molar-refractivity contribution in [3.63, 3.8) is 0 Å². The van der Waals surface area contributed by atoms with Crippen molar-refractivity contribution >= 4 is 28.3 Å². The maximum atomic E-state index is 12.8. The number of aryl methyl sites for hydroxylation is 2. The van der Waals surface area contributed by atoms with E-state index in [4.69, 9.17) is 0 Å². The van der Waals surface area contributed by atoms with E-state index >= 15 is 0 Å². The molecule has 2 heterocycles. The van der Waals surface area contributed by atoms with Gasteiger partial charge in [0.1, 0.15) is 6.04 Å². The summed E-state index contributed by atoms with van der Waals surface area (Å²) < 4.78 is 0. The number of hydrogen-bond acceptors (Lipinski definition) is 4. The smallest absolute Gasteiger partial charge is 0.255 e. The Kier molecular flexibility index (Phi) is 4.41. The van der Waals surface area contributed by atoms with Crippen LogP contribution in [0.4, 0.5) is 5.13 Å². The summed E-state index contributed by atoms with van der Waals surface area (Å²) in [4.78, 5) is 32.6. The minimum atomic E-state index is -0.519. The Morgan fingerprint density at radius 1 is 1.29 bits per heavy atom. The van der Waals surface area contributed by atoms with Gasteiger partial charge in [0.15, 0.2) is 5.13 Å². The van der Waals surface area contributed by atoms with Crippen molar-refractivity contribution in [3.05, 3.63) is 46.0 Å². The molecule has 1 aliphatic rings. The molecule has 2 aromatic rings. The van der Waals surface area contributed by atoms with Gasteiger partial charge in [0.05, 0.1) is 5.69 Å². The minimum absolute atomic E-state index is 0.00502. The number of aromatic nitrogens is 1. The second-order valence-corrected chi connectivity index (χ2v) is 7.63. The van der Waals surface area contributed by atoms with Gasteiger partial charge in [0.25, 0.3) is 5.91 Å². The fraction of sp³-hybridized carbons (Fsp3) is 0.389. The fourth-order valence-corrected chi connectivity index (χ4v) is 3.83. The summed E-state index contributed by atoms with van der Waals surface area (Å²) in [5, 5.41) is 3.47. The van der Waals surface area contributed by atoms with Crippen LogP contribution in [-0.4, -0.2) is 27.7 Å². The number of anilines is 1. The summed E-state index contributed by atoms with van der Waals surface area (Å²) in [5.74, 6) is -0.253. The van der Waals surface area contributed by atoms with Gasteiger partial charge in [-0.25, -0.2) is 4.98 Å². The fourth-order valence-electron chi connectivity index (χ4n) is 3.01. The molecule has 1 aliphatic heterocycles. The molecule has 1 atom stereocenters. The van der Waals surface area contributed by atoms with Gasteiger partial charge < -0.3 is 10.2 Å². The highest BCUT2D eigenvalue weighted by molar-refractivity contribution is 7.15. The van der Waals surface area contributed by atoms with Crippen LogP contribution in [-0.2, 0) is 11.3 Å². The number of rotatable bonds is 4. The van der Waals surface area contributed by atoms with Crippen molar-refractivity contribution in [1.29, 1.82) is 0 Å². The van der Waals surface area contributed by atoms with Gasteiger partial charge in [-0.15, -0.1) is 11.3 Å². The van der Waals surface area contributed by atoms with Crippen LogP contribution in [0.5, 0.6) is 0 Å². The normalized spacial score (nSPS) is 14.9. The molecule has 5 nitrogen and oxygen atoms in total. The SMILES string of the molecule is Cc1nc(NC(=O)[C@@H](C(C)C)N2Cc3ccccc3C2=O)sc1C. The predicted octanol–water partition coefficient (Wildman–Crippen LogP) is 3.38. The number of carbonyl (C=O) groups is 2. The van der Waals surface area contributed by atoms with Crippen molar-refractivity contribution in [2.45, 2.75) is 40.3 Å². The molecule has 2 amide bonds. The Labute approximate surface area is 145 Å². The summed E-state index contributed by atoms with van der Waals surface area (Å²) >= 11 is 1.46. The monoisotopic (exact) mass is 343 g/mol. The van der Waals surface area contributed by atoms with E-state index in [2.05, 4.69) is 10.3 Å². The molecule has 0 unspecified atom stereocenters. The third-order valence-corrected chi connectivity index (χ3v) is 5.33. The molecule has 0 spiro atoms. The highest BCUT2D eigenvalue weighted by Gasteiger charge is 2.38. The lowest BCUT2D eigenvalue weighted by molar-refractivity contribution is -0.122.